The molecule has 1 saturated carbocycles. The van der Waals surface area contributed by atoms with Gasteiger partial charge in [0.2, 0.25) is 11.8 Å². The highest BCUT2D eigenvalue weighted by Gasteiger charge is 2.39. The molecule has 2 unspecified atom stereocenters. The Kier molecular flexibility index (Phi) is 5.72. The van der Waals surface area contributed by atoms with Crippen molar-refractivity contribution in [3.8, 4) is 0 Å². The van der Waals surface area contributed by atoms with Crippen molar-refractivity contribution in [2.75, 3.05) is 26.3 Å². The largest absolute Gasteiger partial charge is 0.378 e. The van der Waals surface area contributed by atoms with Gasteiger partial charge in [0.25, 0.3) is 0 Å². The van der Waals surface area contributed by atoms with Crippen LogP contribution >= 0.6 is 0 Å². The molecule has 2 aromatic carbocycles. The molecule has 2 aromatic rings. The van der Waals surface area contributed by atoms with Crippen molar-refractivity contribution in [3.63, 3.8) is 0 Å². The lowest BCUT2D eigenvalue weighted by Crippen LogP contribution is -2.48. The van der Waals surface area contributed by atoms with E-state index in [9.17, 15) is 9.59 Å². The van der Waals surface area contributed by atoms with Crippen molar-refractivity contribution in [2.45, 2.75) is 24.8 Å². The molecule has 1 N–H and O–H groups in total. The number of hydrogen-bond donors (Lipinski definition) is 1. The minimum atomic E-state index is -0.670. The molecular weight excluding hydrogens is 352 g/mol. The molecule has 2 aliphatic rings. The number of rotatable bonds is 6. The van der Waals surface area contributed by atoms with E-state index in [0.717, 1.165) is 24.0 Å². The Morgan fingerprint density at radius 3 is 2.04 bits per heavy atom. The van der Waals surface area contributed by atoms with Crippen LogP contribution in [-0.4, -0.2) is 43.0 Å². The van der Waals surface area contributed by atoms with Gasteiger partial charge in [0.1, 0.15) is 6.04 Å². The topological polar surface area (TPSA) is 58.6 Å². The maximum atomic E-state index is 13.3. The lowest BCUT2D eigenvalue weighted by molar-refractivity contribution is -0.140. The summed E-state index contributed by atoms with van der Waals surface area (Å²) < 4.78 is 5.37. The van der Waals surface area contributed by atoms with Gasteiger partial charge in [-0.3, -0.25) is 9.59 Å². The van der Waals surface area contributed by atoms with Gasteiger partial charge in [0, 0.05) is 13.1 Å². The lowest BCUT2D eigenvalue weighted by Gasteiger charge is -2.31. The number of hydrogen-bond acceptors (Lipinski definition) is 3. The van der Waals surface area contributed by atoms with Crippen molar-refractivity contribution in [1.82, 2.24) is 10.2 Å². The number of carbonyl (C=O) groups is 2. The summed E-state index contributed by atoms with van der Waals surface area (Å²) in [5, 5.41) is 3.08. The van der Waals surface area contributed by atoms with Gasteiger partial charge in [-0.25, -0.2) is 0 Å². The van der Waals surface area contributed by atoms with Gasteiger partial charge in [0.05, 0.1) is 19.1 Å². The van der Waals surface area contributed by atoms with Gasteiger partial charge in [-0.05, 0) is 29.9 Å². The smallest absolute Gasteiger partial charge is 0.249 e. The van der Waals surface area contributed by atoms with E-state index in [1.54, 1.807) is 4.90 Å². The normalized spacial score (nSPS) is 18.9. The minimum Gasteiger partial charge on any atom is -0.378 e. The predicted molar refractivity (Wildman–Crippen MR) is 107 cm³/mol. The molecule has 0 spiro atoms. The monoisotopic (exact) mass is 378 g/mol. The molecule has 1 saturated heterocycles. The zero-order chi connectivity index (χ0) is 19.3. The van der Waals surface area contributed by atoms with E-state index in [1.807, 2.05) is 60.7 Å². The lowest BCUT2D eigenvalue weighted by atomic mass is 9.92. The highest BCUT2D eigenvalue weighted by Crippen LogP contribution is 2.43. The second kappa shape index (κ2) is 8.57. The van der Waals surface area contributed by atoms with Crippen molar-refractivity contribution >= 4 is 11.8 Å². The maximum absolute atomic E-state index is 13.3. The first kappa shape index (κ1) is 18.7. The molecule has 5 nitrogen and oxygen atoms in total. The summed E-state index contributed by atoms with van der Waals surface area (Å²) in [7, 11) is 0. The molecule has 2 amide bonds. The van der Waals surface area contributed by atoms with Crippen LogP contribution in [0.2, 0.25) is 0 Å². The predicted octanol–water partition coefficient (Wildman–Crippen LogP) is 2.90. The summed E-state index contributed by atoms with van der Waals surface area (Å²) in [6.07, 6.45) is 2.11. The van der Waals surface area contributed by atoms with Crippen LogP contribution in [0.5, 0.6) is 0 Å². The minimum absolute atomic E-state index is 0.0644. The Balaban J connectivity index is 1.57. The van der Waals surface area contributed by atoms with Crippen molar-refractivity contribution < 1.29 is 14.3 Å². The Hall–Kier alpha value is -2.66. The van der Waals surface area contributed by atoms with Crippen LogP contribution in [0.15, 0.2) is 60.7 Å². The van der Waals surface area contributed by atoms with Crippen LogP contribution in [0.25, 0.3) is 0 Å². The van der Waals surface area contributed by atoms with Gasteiger partial charge in [-0.2, -0.15) is 0 Å². The fourth-order valence-electron chi connectivity index (χ4n) is 3.86. The number of amides is 2. The van der Waals surface area contributed by atoms with E-state index in [1.165, 1.54) is 0 Å². The van der Waals surface area contributed by atoms with Gasteiger partial charge in [-0.15, -0.1) is 0 Å². The SMILES string of the molecule is O=C(NC(C(=O)N1CCOCC1)c1ccccc1)C(c1ccccc1)C1CC1. The number of nitrogens with zero attached hydrogens (tertiary/aromatic N) is 1. The van der Waals surface area contributed by atoms with E-state index >= 15 is 0 Å². The van der Waals surface area contributed by atoms with E-state index in [2.05, 4.69) is 5.32 Å². The van der Waals surface area contributed by atoms with E-state index in [-0.39, 0.29) is 17.7 Å². The zero-order valence-electron chi connectivity index (χ0n) is 15.9. The van der Waals surface area contributed by atoms with Gasteiger partial charge in [0.15, 0.2) is 0 Å². The summed E-state index contributed by atoms with van der Waals surface area (Å²) in [6, 6.07) is 18.7. The Morgan fingerprint density at radius 2 is 1.46 bits per heavy atom. The summed E-state index contributed by atoms with van der Waals surface area (Å²) in [5.41, 5.74) is 1.84. The zero-order valence-corrected chi connectivity index (χ0v) is 15.9. The van der Waals surface area contributed by atoms with Crippen LogP contribution in [0.3, 0.4) is 0 Å². The maximum Gasteiger partial charge on any atom is 0.249 e. The number of benzene rings is 2. The Morgan fingerprint density at radius 1 is 0.893 bits per heavy atom. The highest BCUT2D eigenvalue weighted by molar-refractivity contribution is 5.91. The third-order valence-corrected chi connectivity index (χ3v) is 5.52. The average molecular weight is 378 g/mol. The second-order valence-corrected chi connectivity index (χ2v) is 7.52. The molecule has 2 atom stereocenters. The van der Waals surface area contributed by atoms with Crippen LogP contribution < -0.4 is 5.32 Å². The number of carbonyl (C=O) groups excluding carboxylic acids is 2. The molecule has 2 fully saturated rings. The molecule has 1 heterocycles. The molecule has 5 heteroatoms. The summed E-state index contributed by atoms with van der Waals surface area (Å²) in [4.78, 5) is 28.3. The number of morpholine rings is 1. The first-order valence-electron chi connectivity index (χ1n) is 10.0. The third-order valence-electron chi connectivity index (χ3n) is 5.52. The quantitative estimate of drug-likeness (QED) is 0.841. The van der Waals surface area contributed by atoms with Crippen molar-refractivity contribution in [3.05, 3.63) is 71.8 Å². The first-order chi connectivity index (χ1) is 13.7. The standard InChI is InChI=1S/C23H26N2O3/c26-22(20(18-11-12-18)17-7-3-1-4-8-17)24-21(19-9-5-2-6-10-19)23(27)25-13-15-28-16-14-25/h1-10,18,20-21H,11-16H2,(H,24,26). The molecular formula is C23H26N2O3. The molecule has 4 rings (SSSR count). The van der Waals surface area contributed by atoms with E-state index in [0.29, 0.717) is 32.2 Å². The summed E-state index contributed by atoms with van der Waals surface area (Å²) in [5.74, 6) is 0.0248. The molecule has 0 aromatic heterocycles. The van der Waals surface area contributed by atoms with Crippen LogP contribution in [0.4, 0.5) is 0 Å². The van der Waals surface area contributed by atoms with E-state index < -0.39 is 6.04 Å². The molecule has 146 valence electrons. The van der Waals surface area contributed by atoms with Gasteiger partial charge >= 0.3 is 0 Å². The van der Waals surface area contributed by atoms with Crippen LogP contribution in [0, 0.1) is 5.92 Å². The summed E-state index contributed by atoms with van der Waals surface area (Å²) >= 11 is 0. The van der Waals surface area contributed by atoms with E-state index in [4.69, 9.17) is 4.74 Å². The molecule has 1 aliphatic carbocycles. The number of nitrogens with one attached hydrogen (secondary N) is 1. The van der Waals surface area contributed by atoms with Crippen molar-refractivity contribution in [2.24, 2.45) is 5.92 Å². The Bertz CT molecular complexity index is 799. The third kappa shape index (κ3) is 4.25. The second-order valence-electron chi connectivity index (χ2n) is 7.52. The molecule has 28 heavy (non-hydrogen) atoms. The fourth-order valence-corrected chi connectivity index (χ4v) is 3.86. The van der Waals surface area contributed by atoms with Gasteiger partial charge < -0.3 is 15.0 Å². The summed E-state index contributed by atoms with van der Waals surface area (Å²) in [6.45, 7) is 2.19. The molecule has 1 aliphatic heterocycles. The first-order valence-corrected chi connectivity index (χ1v) is 10.0. The number of ether oxygens (including phenoxy) is 1. The highest BCUT2D eigenvalue weighted by atomic mass is 16.5. The van der Waals surface area contributed by atoms with Crippen molar-refractivity contribution in [1.29, 1.82) is 0 Å². The average Bonchev–Trinajstić information content (AvgIpc) is 3.59. The van der Waals surface area contributed by atoms with Gasteiger partial charge in [-0.1, -0.05) is 60.7 Å². The van der Waals surface area contributed by atoms with Crippen LogP contribution in [0.1, 0.15) is 35.9 Å². The molecule has 0 radical (unpaired) electrons. The Labute approximate surface area is 165 Å². The molecule has 0 bridgehead atoms. The fraction of sp³-hybridized carbons (Fsp3) is 0.391. The van der Waals surface area contributed by atoms with Crippen LogP contribution in [-0.2, 0) is 14.3 Å².